The van der Waals surface area contributed by atoms with Crippen LogP contribution < -0.4 is 5.32 Å². The summed E-state index contributed by atoms with van der Waals surface area (Å²) in [5.74, 6) is 0.298. The number of allylic oxidation sites excluding steroid dienone is 1. The molecule has 160 valence electrons. The molecular formula is C20H17Cl2N5O3S. The van der Waals surface area contributed by atoms with Gasteiger partial charge in [0.2, 0.25) is 5.91 Å². The van der Waals surface area contributed by atoms with Crippen LogP contribution in [-0.4, -0.2) is 30.8 Å². The molecule has 0 fully saturated rings. The summed E-state index contributed by atoms with van der Waals surface area (Å²) < 4.78 is 1.85. The molecule has 11 heteroatoms. The van der Waals surface area contributed by atoms with Gasteiger partial charge in [0.15, 0.2) is 11.0 Å². The maximum absolute atomic E-state index is 12.7. The van der Waals surface area contributed by atoms with E-state index in [1.165, 1.54) is 30.0 Å². The van der Waals surface area contributed by atoms with Gasteiger partial charge in [-0.15, -0.1) is 16.8 Å². The minimum Gasteiger partial charge on any atom is -0.324 e. The van der Waals surface area contributed by atoms with Gasteiger partial charge in [-0.05, 0) is 37.3 Å². The Labute approximate surface area is 192 Å². The summed E-state index contributed by atoms with van der Waals surface area (Å²) in [6.07, 6.45) is 1.72. The van der Waals surface area contributed by atoms with Crippen LogP contribution >= 0.6 is 35.0 Å². The number of benzene rings is 2. The van der Waals surface area contributed by atoms with Crippen molar-refractivity contribution in [3.05, 3.63) is 75.3 Å². The summed E-state index contributed by atoms with van der Waals surface area (Å²) in [5, 5.41) is 22.7. The molecule has 0 spiro atoms. The van der Waals surface area contributed by atoms with Crippen LogP contribution in [0.15, 0.2) is 60.3 Å². The molecule has 1 unspecified atom stereocenters. The fourth-order valence-corrected chi connectivity index (χ4v) is 3.85. The molecule has 0 aliphatic rings. The van der Waals surface area contributed by atoms with E-state index in [9.17, 15) is 14.9 Å². The first-order chi connectivity index (χ1) is 14.8. The third kappa shape index (κ3) is 5.43. The lowest BCUT2D eigenvalue weighted by atomic mass is 10.2. The lowest BCUT2D eigenvalue weighted by Gasteiger charge is -2.13. The quantitative estimate of drug-likeness (QED) is 0.200. The van der Waals surface area contributed by atoms with E-state index in [0.29, 0.717) is 28.2 Å². The monoisotopic (exact) mass is 477 g/mol. The molecule has 1 aromatic heterocycles. The number of hydrogen-bond acceptors (Lipinski definition) is 6. The van der Waals surface area contributed by atoms with Crippen molar-refractivity contribution in [3.63, 3.8) is 0 Å². The van der Waals surface area contributed by atoms with Crippen molar-refractivity contribution >= 4 is 52.2 Å². The van der Waals surface area contributed by atoms with E-state index in [1.54, 1.807) is 25.1 Å². The van der Waals surface area contributed by atoms with Crippen molar-refractivity contribution in [2.75, 3.05) is 5.32 Å². The molecular weight excluding hydrogens is 461 g/mol. The number of nitrogens with one attached hydrogen (secondary N) is 1. The number of carbonyl (C=O) groups excluding carboxylic acids is 1. The van der Waals surface area contributed by atoms with Crippen molar-refractivity contribution in [1.82, 2.24) is 14.8 Å². The third-order valence-corrected chi connectivity index (χ3v) is 5.85. The number of aromatic nitrogens is 3. The first-order valence-corrected chi connectivity index (χ1v) is 10.6. The van der Waals surface area contributed by atoms with Gasteiger partial charge in [0.05, 0.1) is 20.9 Å². The van der Waals surface area contributed by atoms with E-state index in [0.717, 1.165) is 5.56 Å². The Morgan fingerprint density at radius 3 is 2.61 bits per heavy atom. The first kappa shape index (κ1) is 22.8. The first-order valence-electron chi connectivity index (χ1n) is 9.01. The predicted molar refractivity (Wildman–Crippen MR) is 123 cm³/mol. The summed E-state index contributed by atoms with van der Waals surface area (Å²) in [7, 11) is 0. The van der Waals surface area contributed by atoms with Crippen molar-refractivity contribution in [1.29, 1.82) is 0 Å². The van der Waals surface area contributed by atoms with Gasteiger partial charge < -0.3 is 5.32 Å². The Balaban J connectivity index is 1.77. The topological polar surface area (TPSA) is 103 Å². The number of thioether (sulfide) groups is 1. The van der Waals surface area contributed by atoms with Gasteiger partial charge in [0.1, 0.15) is 0 Å². The highest BCUT2D eigenvalue weighted by Gasteiger charge is 2.21. The van der Waals surface area contributed by atoms with E-state index in [-0.39, 0.29) is 16.6 Å². The second-order valence-electron chi connectivity index (χ2n) is 6.38. The van der Waals surface area contributed by atoms with Gasteiger partial charge in [0, 0.05) is 29.3 Å². The number of nitrogens with zero attached hydrogens (tertiary/aromatic N) is 4. The number of halogens is 2. The number of hydrogen-bond donors (Lipinski definition) is 1. The number of nitro groups is 1. The molecule has 0 aliphatic carbocycles. The van der Waals surface area contributed by atoms with E-state index in [4.69, 9.17) is 23.2 Å². The molecule has 0 aliphatic heterocycles. The fraction of sp³-hybridized carbons (Fsp3) is 0.150. The molecule has 31 heavy (non-hydrogen) atoms. The van der Waals surface area contributed by atoms with Crippen LogP contribution in [0.5, 0.6) is 0 Å². The Morgan fingerprint density at radius 1 is 1.29 bits per heavy atom. The van der Waals surface area contributed by atoms with Crippen LogP contribution in [-0.2, 0) is 11.3 Å². The van der Waals surface area contributed by atoms with Crippen molar-refractivity contribution in [2.45, 2.75) is 23.9 Å². The highest BCUT2D eigenvalue weighted by atomic mass is 35.5. The molecule has 3 rings (SSSR count). The van der Waals surface area contributed by atoms with Gasteiger partial charge in [0.25, 0.3) is 5.69 Å². The second-order valence-corrected chi connectivity index (χ2v) is 8.53. The number of nitro benzene ring substituents is 1. The molecule has 2 aromatic carbocycles. The summed E-state index contributed by atoms with van der Waals surface area (Å²) in [5.41, 5.74) is 0.970. The number of carbonyl (C=O) groups is 1. The normalized spacial score (nSPS) is 11.7. The van der Waals surface area contributed by atoms with E-state index in [2.05, 4.69) is 22.1 Å². The van der Waals surface area contributed by atoms with Crippen LogP contribution in [0.25, 0.3) is 11.4 Å². The van der Waals surface area contributed by atoms with Crippen LogP contribution in [0.2, 0.25) is 10.0 Å². The fourth-order valence-electron chi connectivity index (χ4n) is 2.65. The summed E-state index contributed by atoms with van der Waals surface area (Å²) >= 11 is 13.2. The molecule has 0 saturated heterocycles. The predicted octanol–water partition coefficient (Wildman–Crippen LogP) is 5.47. The van der Waals surface area contributed by atoms with E-state index >= 15 is 0 Å². The maximum atomic E-state index is 12.7. The van der Waals surface area contributed by atoms with Crippen LogP contribution in [0.3, 0.4) is 0 Å². The van der Waals surface area contributed by atoms with Gasteiger partial charge >= 0.3 is 0 Å². The molecule has 3 aromatic rings. The highest BCUT2D eigenvalue weighted by molar-refractivity contribution is 8.00. The zero-order chi connectivity index (χ0) is 22.5. The van der Waals surface area contributed by atoms with Gasteiger partial charge in [-0.25, -0.2) is 0 Å². The summed E-state index contributed by atoms with van der Waals surface area (Å²) in [4.78, 5) is 22.9. The minimum absolute atomic E-state index is 0.0830. The molecule has 1 heterocycles. The zero-order valence-electron chi connectivity index (χ0n) is 16.3. The van der Waals surface area contributed by atoms with Crippen molar-refractivity contribution in [3.8, 4) is 11.4 Å². The summed E-state index contributed by atoms with van der Waals surface area (Å²) in [6.45, 7) is 5.95. The molecule has 8 nitrogen and oxygen atoms in total. The van der Waals surface area contributed by atoms with Gasteiger partial charge in [-0.2, -0.15) is 0 Å². The van der Waals surface area contributed by atoms with Crippen molar-refractivity contribution < 1.29 is 9.72 Å². The van der Waals surface area contributed by atoms with E-state index in [1.807, 2.05) is 16.7 Å². The molecule has 1 atom stereocenters. The van der Waals surface area contributed by atoms with E-state index < -0.39 is 10.2 Å². The minimum atomic E-state index is -0.555. The standard InChI is InChI=1S/C20H17Cl2N5O3S/c1-3-10-26-18(13-4-6-14(21)7-5-13)24-25-20(26)31-12(2)19(28)23-17-9-8-15(27(29)30)11-16(17)22/h3-9,11-12H,1,10H2,2H3,(H,23,28). The molecule has 0 saturated carbocycles. The highest BCUT2D eigenvalue weighted by Crippen LogP contribution is 2.30. The maximum Gasteiger partial charge on any atom is 0.271 e. The largest absolute Gasteiger partial charge is 0.324 e. The zero-order valence-corrected chi connectivity index (χ0v) is 18.6. The smallest absolute Gasteiger partial charge is 0.271 e. The van der Waals surface area contributed by atoms with Crippen LogP contribution in [0.1, 0.15) is 6.92 Å². The van der Waals surface area contributed by atoms with Gasteiger partial charge in [-0.3, -0.25) is 19.5 Å². The average Bonchev–Trinajstić information content (AvgIpc) is 3.12. The Kier molecular flexibility index (Phi) is 7.32. The molecule has 1 N–H and O–H groups in total. The number of anilines is 1. The number of amides is 1. The Hall–Kier alpha value is -2.88. The van der Waals surface area contributed by atoms with Crippen LogP contribution in [0.4, 0.5) is 11.4 Å². The lowest BCUT2D eigenvalue weighted by Crippen LogP contribution is -2.23. The molecule has 0 radical (unpaired) electrons. The third-order valence-electron chi connectivity index (χ3n) is 4.20. The van der Waals surface area contributed by atoms with Gasteiger partial charge in [-0.1, -0.05) is 41.0 Å². The summed E-state index contributed by atoms with van der Waals surface area (Å²) in [6, 6.07) is 11.1. The SMILES string of the molecule is C=CCn1c(SC(C)C(=O)Nc2ccc([N+](=O)[O-])cc2Cl)nnc1-c1ccc(Cl)cc1. The van der Waals surface area contributed by atoms with Crippen LogP contribution in [0, 0.1) is 10.1 Å². The average molecular weight is 478 g/mol. The second kappa shape index (κ2) is 9.95. The lowest BCUT2D eigenvalue weighted by molar-refractivity contribution is -0.384. The number of rotatable bonds is 8. The Morgan fingerprint density at radius 2 is 2.00 bits per heavy atom. The molecule has 1 amide bonds. The number of non-ortho nitro benzene ring substituents is 1. The molecule has 0 bridgehead atoms. The van der Waals surface area contributed by atoms with Crippen molar-refractivity contribution in [2.24, 2.45) is 0 Å². The Bertz CT molecular complexity index is 1130.